The van der Waals surface area contributed by atoms with Gasteiger partial charge in [0.1, 0.15) is 0 Å². The first kappa shape index (κ1) is 12.3. The fourth-order valence-corrected chi connectivity index (χ4v) is 3.93. The second-order valence-corrected chi connectivity index (χ2v) is 6.41. The van der Waals surface area contributed by atoms with Crippen molar-refractivity contribution in [3.8, 4) is 0 Å². The second kappa shape index (κ2) is 5.00. The van der Waals surface area contributed by atoms with Gasteiger partial charge in [0, 0.05) is 25.7 Å². The minimum absolute atomic E-state index is 0.506. The van der Waals surface area contributed by atoms with E-state index in [1.165, 1.54) is 0 Å². The normalized spacial score (nSPS) is 31.6. The van der Waals surface area contributed by atoms with Crippen LogP contribution in [0, 0.1) is 5.92 Å². The third kappa shape index (κ3) is 2.56. The number of hydrogen-bond acceptors (Lipinski definition) is 3. The molecule has 0 saturated carbocycles. The van der Waals surface area contributed by atoms with Crippen LogP contribution < -0.4 is 10.0 Å². The molecule has 2 atom stereocenters. The first-order valence-electron chi connectivity index (χ1n) is 6.11. The number of nitrogens with zero attached hydrogens (tertiary/aromatic N) is 1. The van der Waals surface area contributed by atoms with Gasteiger partial charge in [-0.2, -0.15) is 12.7 Å². The number of piperidine rings is 1. The molecule has 0 aromatic heterocycles. The third-order valence-electron chi connectivity index (χ3n) is 3.49. The Morgan fingerprint density at radius 2 is 2.25 bits per heavy atom. The van der Waals surface area contributed by atoms with Crippen LogP contribution in [-0.4, -0.2) is 44.9 Å². The average molecular weight is 247 g/mol. The molecule has 2 saturated heterocycles. The molecule has 2 N–H and O–H groups in total. The molecule has 5 nitrogen and oxygen atoms in total. The number of nitrogens with one attached hydrogen (secondary N) is 2. The van der Waals surface area contributed by atoms with Crippen LogP contribution in [0.5, 0.6) is 0 Å². The summed E-state index contributed by atoms with van der Waals surface area (Å²) in [5.74, 6) is 0.506. The Kier molecular flexibility index (Phi) is 3.84. The summed E-state index contributed by atoms with van der Waals surface area (Å²) in [5.41, 5.74) is 0. The molecule has 0 radical (unpaired) electrons. The van der Waals surface area contributed by atoms with Gasteiger partial charge in [-0.25, -0.2) is 4.72 Å². The van der Waals surface area contributed by atoms with Gasteiger partial charge in [0.2, 0.25) is 0 Å². The largest absolute Gasteiger partial charge is 0.314 e. The van der Waals surface area contributed by atoms with Crippen LogP contribution in [0.2, 0.25) is 0 Å². The summed E-state index contributed by atoms with van der Waals surface area (Å²) < 4.78 is 28.1. The topological polar surface area (TPSA) is 61.4 Å². The van der Waals surface area contributed by atoms with Crippen LogP contribution in [0.3, 0.4) is 0 Å². The van der Waals surface area contributed by atoms with E-state index in [0.29, 0.717) is 31.6 Å². The highest BCUT2D eigenvalue weighted by Gasteiger charge is 2.36. The maximum atomic E-state index is 11.9. The summed E-state index contributed by atoms with van der Waals surface area (Å²) in [6, 6.07) is 0.539. The minimum atomic E-state index is -3.23. The predicted molar refractivity (Wildman–Crippen MR) is 63.3 cm³/mol. The zero-order valence-corrected chi connectivity index (χ0v) is 10.6. The Balaban J connectivity index is 1.95. The van der Waals surface area contributed by atoms with Crippen molar-refractivity contribution in [3.63, 3.8) is 0 Å². The van der Waals surface area contributed by atoms with Crippen molar-refractivity contribution in [3.05, 3.63) is 0 Å². The first-order valence-corrected chi connectivity index (χ1v) is 7.55. The SMILES string of the molecule is CCCNS(=O)(=O)N1CCC2NCCC2C1. The Bertz CT molecular complexity index is 331. The number of rotatable bonds is 4. The maximum absolute atomic E-state index is 11.9. The van der Waals surface area contributed by atoms with Gasteiger partial charge >= 0.3 is 0 Å². The molecular weight excluding hydrogens is 226 g/mol. The second-order valence-electron chi connectivity index (χ2n) is 4.66. The summed E-state index contributed by atoms with van der Waals surface area (Å²) in [6.07, 6.45) is 2.88. The van der Waals surface area contributed by atoms with Gasteiger partial charge in [-0.3, -0.25) is 0 Å². The standard InChI is InChI=1S/C10H21N3O2S/c1-2-5-12-16(14,15)13-7-4-10-9(8-13)3-6-11-10/h9-12H,2-8H2,1H3. The van der Waals surface area contributed by atoms with E-state index < -0.39 is 10.2 Å². The highest BCUT2D eigenvalue weighted by molar-refractivity contribution is 7.87. The molecule has 0 bridgehead atoms. The Labute approximate surface area is 97.8 Å². The molecule has 2 aliphatic rings. The van der Waals surface area contributed by atoms with E-state index in [0.717, 1.165) is 25.8 Å². The lowest BCUT2D eigenvalue weighted by atomic mass is 9.95. The maximum Gasteiger partial charge on any atom is 0.279 e. The van der Waals surface area contributed by atoms with Crippen molar-refractivity contribution in [1.29, 1.82) is 0 Å². The Morgan fingerprint density at radius 1 is 1.44 bits per heavy atom. The summed E-state index contributed by atoms with van der Waals surface area (Å²) in [4.78, 5) is 0. The molecule has 0 aliphatic carbocycles. The lowest BCUT2D eigenvalue weighted by molar-refractivity contribution is 0.245. The molecule has 2 aliphatic heterocycles. The average Bonchev–Trinajstić information content (AvgIpc) is 2.73. The summed E-state index contributed by atoms with van der Waals surface area (Å²) in [7, 11) is -3.23. The lowest BCUT2D eigenvalue weighted by Gasteiger charge is -2.33. The van der Waals surface area contributed by atoms with E-state index in [2.05, 4.69) is 10.0 Å². The van der Waals surface area contributed by atoms with Crippen molar-refractivity contribution >= 4 is 10.2 Å². The van der Waals surface area contributed by atoms with Crippen LogP contribution >= 0.6 is 0 Å². The molecule has 0 aromatic carbocycles. The van der Waals surface area contributed by atoms with E-state index >= 15 is 0 Å². The van der Waals surface area contributed by atoms with Gasteiger partial charge in [0.25, 0.3) is 10.2 Å². The quantitative estimate of drug-likeness (QED) is 0.730. The van der Waals surface area contributed by atoms with Gasteiger partial charge in [-0.1, -0.05) is 6.92 Å². The van der Waals surface area contributed by atoms with E-state index in [9.17, 15) is 8.42 Å². The molecule has 94 valence electrons. The zero-order chi connectivity index (χ0) is 11.6. The van der Waals surface area contributed by atoms with Gasteiger partial charge in [-0.15, -0.1) is 0 Å². The molecular formula is C10H21N3O2S. The summed E-state index contributed by atoms with van der Waals surface area (Å²) >= 11 is 0. The fraction of sp³-hybridized carbons (Fsp3) is 1.00. The smallest absolute Gasteiger partial charge is 0.279 e. The Hall–Kier alpha value is -0.170. The van der Waals surface area contributed by atoms with Crippen LogP contribution in [0.1, 0.15) is 26.2 Å². The van der Waals surface area contributed by atoms with Crippen molar-refractivity contribution in [2.75, 3.05) is 26.2 Å². The zero-order valence-electron chi connectivity index (χ0n) is 9.78. The van der Waals surface area contributed by atoms with Gasteiger partial charge < -0.3 is 5.32 Å². The highest BCUT2D eigenvalue weighted by atomic mass is 32.2. The van der Waals surface area contributed by atoms with Crippen molar-refractivity contribution in [2.45, 2.75) is 32.2 Å². The molecule has 2 heterocycles. The van der Waals surface area contributed by atoms with Crippen molar-refractivity contribution in [1.82, 2.24) is 14.3 Å². The fourth-order valence-electron chi connectivity index (χ4n) is 2.55. The van der Waals surface area contributed by atoms with Gasteiger partial charge in [0.05, 0.1) is 0 Å². The van der Waals surface area contributed by atoms with Gasteiger partial charge in [0.15, 0.2) is 0 Å². The Morgan fingerprint density at radius 3 is 3.00 bits per heavy atom. The molecule has 0 spiro atoms. The molecule has 2 rings (SSSR count). The summed E-state index contributed by atoms with van der Waals surface area (Å²) in [5, 5.41) is 3.43. The monoisotopic (exact) mass is 247 g/mol. The summed E-state index contributed by atoms with van der Waals surface area (Å²) in [6.45, 7) is 4.86. The molecule has 6 heteroatoms. The lowest BCUT2D eigenvalue weighted by Crippen LogP contribution is -2.50. The third-order valence-corrected chi connectivity index (χ3v) is 5.07. The van der Waals surface area contributed by atoms with Crippen LogP contribution in [0.25, 0.3) is 0 Å². The molecule has 2 unspecified atom stereocenters. The van der Waals surface area contributed by atoms with E-state index in [1.54, 1.807) is 4.31 Å². The van der Waals surface area contributed by atoms with E-state index in [-0.39, 0.29) is 0 Å². The van der Waals surface area contributed by atoms with Gasteiger partial charge in [-0.05, 0) is 31.7 Å². The minimum Gasteiger partial charge on any atom is -0.314 e. The van der Waals surface area contributed by atoms with Crippen molar-refractivity contribution in [2.24, 2.45) is 5.92 Å². The first-order chi connectivity index (χ1) is 7.63. The van der Waals surface area contributed by atoms with Crippen LogP contribution in [-0.2, 0) is 10.2 Å². The van der Waals surface area contributed by atoms with Crippen LogP contribution in [0.15, 0.2) is 0 Å². The van der Waals surface area contributed by atoms with Crippen molar-refractivity contribution < 1.29 is 8.42 Å². The highest BCUT2D eigenvalue weighted by Crippen LogP contribution is 2.25. The molecule has 0 amide bonds. The molecule has 16 heavy (non-hydrogen) atoms. The van der Waals surface area contributed by atoms with E-state index in [1.807, 2.05) is 6.92 Å². The number of fused-ring (bicyclic) bond motifs is 1. The molecule has 0 aromatic rings. The number of hydrogen-bond donors (Lipinski definition) is 2. The van der Waals surface area contributed by atoms with E-state index in [4.69, 9.17) is 0 Å². The predicted octanol–water partition coefficient (Wildman–Crippen LogP) is -0.0854. The van der Waals surface area contributed by atoms with Crippen LogP contribution in [0.4, 0.5) is 0 Å². The molecule has 2 fully saturated rings.